The molecule has 0 aliphatic heterocycles. The van der Waals surface area contributed by atoms with Gasteiger partial charge in [0.15, 0.2) is 0 Å². The Hall–Kier alpha value is -2.75. The van der Waals surface area contributed by atoms with E-state index in [4.69, 9.17) is 0 Å². The molecule has 148 valence electrons. The van der Waals surface area contributed by atoms with Gasteiger partial charge in [-0.3, -0.25) is 0 Å². The average Bonchev–Trinajstić information content (AvgIpc) is 3.30. The number of para-hydroxylation sites is 2. The Morgan fingerprint density at radius 1 is 0.862 bits per heavy atom. The number of aromatic nitrogens is 2. The Morgan fingerprint density at radius 2 is 1.62 bits per heavy atom. The number of benzene rings is 3. The van der Waals surface area contributed by atoms with Crippen molar-refractivity contribution >= 4 is 32.7 Å². The molecule has 2 aromatic heterocycles. The first-order valence-electron chi connectivity index (χ1n) is 10.1. The summed E-state index contributed by atoms with van der Waals surface area (Å²) >= 11 is 0. The molecule has 0 amide bonds. The molecule has 2 N–H and O–H groups in total. The smallest absolute Gasteiger partial charge is 0.0491 e. The van der Waals surface area contributed by atoms with Crippen LogP contribution in [-0.4, -0.2) is 16.1 Å². The van der Waals surface area contributed by atoms with E-state index in [2.05, 4.69) is 94.7 Å². The number of rotatable bonds is 6. The molecule has 0 spiro atoms. The summed E-state index contributed by atoms with van der Waals surface area (Å²) in [5, 5.41) is 7.65. The molecular formula is C25H25ClN3-. The number of nitrogens with zero attached hydrogens (tertiary/aromatic N) is 1. The fraction of sp³-hybridized carbons (Fsp3) is 0.200. The Labute approximate surface area is 177 Å². The molecule has 0 atom stereocenters. The monoisotopic (exact) mass is 402 g/mol. The van der Waals surface area contributed by atoms with Crippen LogP contribution in [0.25, 0.3) is 32.7 Å². The third kappa shape index (κ3) is 3.52. The third-order valence-corrected chi connectivity index (χ3v) is 5.73. The van der Waals surface area contributed by atoms with Crippen LogP contribution in [0, 0.1) is 0 Å². The highest BCUT2D eigenvalue weighted by Gasteiger charge is 2.09. The van der Waals surface area contributed by atoms with Crippen LogP contribution in [0.3, 0.4) is 0 Å². The van der Waals surface area contributed by atoms with Crippen LogP contribution < -0.4 is 17.7 Å². The summed E-state index contributed by atoms with van der Waals surface area (Å²) in [6.45, 7) is 5.07. The van der Waals surface area contributed by atoms with Gasteiger partial charge in [-0.15, -0.1) is 0 Å². The summed E-state index contributed by atoms with van der Waals surface area (Å²) in [5.41, 5.74) is 6.58. The van der Waals surface area contributed by atoms with Crippen molar-refractivity contribution in [2.45, 2.75) is 26.4 Å². The van der Waals surface area contributed by atoms with E-state index in [-0.39, 0.29) is 12.4 Å². The maximum atomic E-state index is 3.62. The molecule has 0 bridgehead atoms. The van der Waals surface area contributed by atoms with Crippen molar-refractivity contribution in [3.05, 3.63) is 84.1 Å². The molecule has 0 aliphatic rings. The van der Waals surface area contributed by atoms with E-state index >= 15 is 0 Å². The zero-order chi connectivity index (χ0) is 18.9. The van der Waals surface area contributed by atoms with Crippen molar-refractivity contribution in [1.82, 2.24) is 14.9 Å². The van der Waals surface area contributed by atoms with Gasteiger partial charge in [0.2, 0.25) is 0 Å². The Bertz CT molecular complexity index is 1270. The number of H-pyrrole nitrogens is 1. The predicted octanol–water partition coefficient (Wildman–Crippen LogP) is 2.63. The van der Waals surface area contributed by atoms with E-state index < -0.39 is 0 Å². The SMILES string of the molecule is CCn1c2ccccc2c2cc(CNCCc3c[nH]c4ccccc34)ccc21.[Cl-]. The Kier molecular flexibility index (Phi) is 5.61. The Morgan fingerprint density at radius 3 is 2.48 bits per heavy atom. The summed E-state index contributed by atoms with van der Waals surface area (Å²) in [4.78, 5) is 3.36. The average molecular weight is 403 g/mol. The number of aromatic amines is 1. The number of halogens is 1. The van der Waals surface area contributed by atoms with Crippen molar-refractivity contribution < 1.29 is 12.4 Å². The minimum Gasteiger partial charge on any atom is -1.00 e. The molecule has 5 rings (SSSR count). The van der Waals surface area contributed by atoms with Crippen molar-refractivity contribution in [1.29, 1.82) is 0 Å². The topological polar surface area (TPSA) is 32.8 Å². The van der Waals surface area contributed by atoms with Gasteiger partial charge in [0.25, 0.3) is 0 Å². The fourth-order valence-corrected chi connectivity index (χ4v) is 4.35. The van der Waals surface area contributed by atoms with Gasteiger partial charge in [0.1, 0.15) is 0 Å². The van der Waals surface area contributed by atoms with Crippen molar-refractivity contribution in [3.8, 4) is 0 Å². The van der Waals surface area contributed by atoms with Crippen molar-refractivity contribution in [2.75, 3.05) is 6.54 Å². The van der Waals surface area contributed by atoms with E-state index in [1.165, 1.54) is 43.8 Å². The lowest BCUT2D eigenvalue weighted by Crippen LogP contribution is -3.00. The zero-order valence-electron chi connectivity index (χ0n) is 16.6. The van der Waals surface area contributed by atoms with Crippen LogP contribution in [0.2, 0.25) is 0 Å². The molecule has 29 heavy (non-hydrogen) atoms. The largest absolute Gasteiger partial charge is 1.00 e. The maximum Gasteiger partial charge on any atom is 0.0491 e. The molecule has 0 radical (unpaired) electrons. The highest BCUT2D eigenvalue weighted by Crippen LogP contribution is 2.29. The number of nitrogens with one attached hydrogen (secondary N) is 2. The summed E-state index contributed by atoms with van der Waals surface area (Å²) in [7, 11) is 0. The van der Waals surface area contributed by atoms with Crippen molar-refractivity contribution in [2.24, 2.45) is 0 Å². The number of hydrogen-bond acceptors (Lipinski definition) is 1. The van der Waals surface area contributed by atoms with Crippen LogP contribution in [-0.2, 0) is 19.5 Å². The van der Waals surface area contributed by atoms with Gasteiger partial charge in [-0.25, -0.2) is 0 Å². The van der Waals surface area contributed by atoms with Crippen LogP contribution in [0.4, 0.5) is 0 Å². The summed E-state index contributed by atoms with van der Waals surface area (Å²) in [5.74, 6) is 0. The van der Waals surface area contributed by atoms with Crippen LogP contribution >= 0.6 is 0 Å². The standard InChI is InChI=1S/C25H25N3.ClH/c1-2-28-24-10-6-4-8-21(24)22-15-18(11-12-25(22)28)16-26-14-13-19-17-27-23-9-5-3-7-20(19)23;/h3-12,15,17,26-27H,2,13-14,16H2,1H3;1H/p-1. The van der Waals surface area contributed by atoms with Gasteiger partial charge in [0.05, 0.1) is 0 Å². The molecule has 4 heteroatoms. The van der Waals surface area contributed by atoms with Gasteiger partial charge in [-0.05, 0) is 55.3 Å². The first-order chi connectivity index (χ1) is 13.8. The van der Waals surface area contributed by atoms with E-state index in [0.29, 0.717) is 0 Å². The molecule has 0 saturated heterocycles. The molecule has 2 heterocycles. The molecule has 5 aromatic rings. The molecule has 0 aliphatic carbocycles. The minimum atomic E-state index is 0. The molecule has 0 saturated carbocycles. The normalized spacial score (nSPS) is 11.3. The molecule has 3 aromatic carbocycles. The second-order valence-corrected chi connectivity index (χ2v) is 7.40. The first kappa shape index (κ1) is 19.6. The van der Waals surface area contributed by atoms with Gasteiger partial charge < -0.3 is 27.3 Å². The molecule has 0 fully saturated rings. The lowest BCUT2D eigenvalue weighted by atomic mass is 10.1. The number of hydrogen-bond donors (Lipinski definition) is 2. The highest BCUT2D eigenvalue weighted by atomic mass is 35.5. The van der Waals surface area contributed by atoms with Crippen LogP contribution in [0.15, 0.2) is 72.9 Å². The van der Waals surface area contributed by atoms with E-state index in [0.717, 1.165) is 26.1 Å². The number of fused-ring (bicyclic) bond motifs is 4. The van der Waals surface area contributed by atoms with Gasteiger partial charge in [0, 0.05) is 52.0 Å². The fourth-order valence-electron chi connectivity index (χ4n) is 4.35. The molecule has 3 nitrogen and oxygen atoms in total. The van der Waals surface area contributed by atoms with Gasteiger partial charge in [-0.2, -0.15) is 0 Å². The molecular weight excluding hydrogens is 378 g/mol. The van der Waals surface area contributed by atoms with E-state index in [1.807, 2.05) is 0 Å². The van der Waals surface area contributed by atoms with Gasteiger partial charge >= 0.3 is 0 Å². The predicted molar refractivity (Wildman–Crippen MR) is 119 cm³/mol. The zero-order valence-corrected chi connectivity index (χ0v) is 17.3. The maximum absolute atomic E-state index is 3.62. The third-order valence-electron chi connectivity index (χ3n) is 5.73. The second-order valence-electron chi connectivity index (χ2n) is 7.40. The first-order valence-corrected chi connectivity index (χ1v) is 10.1. The summed E-state index contributed by atoms with van der Waals surface area (Å²) < 4.78 is 2.40. The van der Waals surface area contributed by atoms with E-state index in [1.54, 1.807) is 0 Å². The van der Waals surface area contributed by atoms with Crippen molar-refractivity contribution in [3.63, 3.8) is 0 Å². The summed E-state index contributed by atoms with van der Waals surface area (Å²) in [6.07, 6.45) is 3.17. The van der Waals surface area contributed by atoms with Crippen LogP contribution in [0.1, 0.15) is 18.1 Å². The van der Waals surface area contributed by atoms with Crippen LogP contribution in [0.5, 0.6) is 0 Å². The highest BCUT2D eigenvalue weighted by molar-refractivity contribution is 6.08. The second kappa shape index (κ2) is 8.32. The minimum absolute atomic E-state index is 0. The quantitative estimate of drug-likeness (QED) is 0.420. The Balaban J connectivity index is 0.00000205. The number of aryl methyl sites for hydroxylation is 1. The van der Waals surface area contributed by atoms with E-state index in [9.17, 15) is 0 Å². The molecule has 0 unspecified atom stereocenters. The lowest BCUT2D eigenvalue weighted by molar-refractivity contribution is -0.00000558. The van der Waals surface area contributed by atoms with Gasteiger partial charge in [-0.1, -0.05) is 42.5 Å². The summed E-state index contributed by atoms with van der Waals surface area (Å²) in [6, 6.07) is 24.1. The lowest BCUT2D eigenvalue weighted by Gasteiger charge is -2.06.